The second kappa shape index (κ2) is 8.94. The Bertz CT molecular complexity index is 889. The van der Waals surface area contributed by atoms with Gasteiger partial charge in [-0.1, -0.05) is 23.4 Å². The van der Waals surface area contributed by atoms with Crippen molar-refractivity contribution in [3.63, 3.8) is 0 Å². The lowest BCUT2D eigenvalue weighted by molar-refractivity contribution is -0.147. The summed E-state index contributed by atoms with van der Waals surface area (Å²) in [7, 11) is 0. The molecule has 166 valence electrons. The zero-order valence-electron chi connectivity index (χ0n) is 17.7. The molecule has 0 N–H and O–H groups in total. The first-order valence-corrected chi connectivity index (χ1v) is 11.0. The van der Waals surface area contributed by atoms with Crippen molar-refractivity contribution >= 4 is 5.91 Å². The fraction of sp³-hybridized carbons (Fsp3) is 0.591. The monoisotopic (exact) mass is 427 g/mol. The number of piperidine rings is 1. The van der Waals surface area contributed by atoms with E-state index in [-0.39, 0.29) is 11.5 Å². The van der Waals surface area contributed by atoms with E-state index in [4.69, 9.17) is 14.2 Å². The largest absolute Gasteiger partial charge is 0.487 e. The van der Waals surface area contributed by atoms with E-state index in [2.05, 4.69) is 15.2 Å². The first-order valence-electron chi connectivity index (χ1n) is 11.0. The van der Waals surface area contributed by atoms with Gasteiger partial charge in [0.25, 0.3) is 0 Å². The van der Waals surface area contributed by atoms with Crippen LogP contribution in [0.25, 0.3) is 0 Å². The fourth-order valence-electron chi connectivity index (χ4n) is 4.49. The van der Waals surface area contributed by atoms with E-state index in [0.717, 1.165) is 56.2 Å². The molecule has 31 heavy (non-hydrogen) atoms. The van der Waals surface area contributed by atoms with Crippen molar-refractivity contribution in [3.05, 3.63) is 41.7 Å². The van der Waals surface area contributed by atoms with Crippen LogP contribution in [0.2, 0.25) is 0 Å². The van der Waals surface area contributed by atoms with Crippen molar-refractivity contribution in [1.29, 1.82) is 0 Å². The van der Waals surface area contributed by atoms with Gasteiger partial charge in [-0.25, -0.2) is 4.68 Å². The van der Waals surface area contributed by atoms with Crippen molar-refractivity contribution in [2.75, 3.05) is 45.9 Å². The smallest absolute Gasteiger partial charge is 0.236 e. The van der Waals surface area contributed by atoms with Gasteiger partial charge in [-0.3, -0.25) is 9.69 Å². The van der Waals surface area contributed by atoms with E-state index in [1.54, 1.807) is 0 Å². The summed E-state index contributed by atoms with van der Waals surface area (Å²) >= 11 is 0. The summed E-state index contributed by atoms with van der Waals surface area (Å²) in [5, 5.41) is 8.68. The third kappa shape index (κ3) is 4.58. The number of likely N-dealkylation sites (tertiary alicyclic amines) is 1. The zero-order valence-corrected chi connectivity index (χ0v) is 17.7. The average molecular weight is 428 g/mol. The number of hydrogen-bond acceptors (Lipinski definition) is 7. The maximum Gasteiger partial charge on any atom is 0.236 e. The van der Waals surface area contributed by atoms with Gasteiger partial charge in [0.15, 0.2) is 0 Å². The number of carbonyl (C=O) groups excluding carboxylic acids is 1. The minimum Gasteiger partial charge on any atom is -0.487 e. The molecule has 9 heteroatoms. The molecule has 0 saturated carbocycles. The average Bonchev–Trinajstić information content (AvgIpc) is 3.21. The number of amides is 1. The summed E-state index contributed by atoms with van der Waals surface area (Å²) < 4.78 is 19.5. The van der Waals surface area contributed by atoms with Crippen LogP contribution in [0, 0.1) is 0 Å². The van der Waals surface area contributed by atoms with Crippen LogP contribution in [-0.2, 0) is 34.0 Å². The van der Waals surface area contributed by atoms with Gasteiger partial charge in [-0.2, -0.15) is 0 Å². The van der Waals surface area contributed by atoms with Crippen LogP contribution in [0.15, 0.2) is 30.3 Å². The highest BCUT2D eigenvalue weighted by Gasteiger charge is 2.41. The first kappa shape index (κ1) is 20.4. The van der Waals surface area contributed by atoms with Crippen LogP contribution in [-0.4, -0.2) is 82.2 Å². The number of ether oxygens (including phenoxy) is 3. The predicted octanol–water partition coefficient (Wildman–Crippen LogP) is 1.08. The molecule has 0 aliphatic carbocycles. The number of carbonyl (C=O) groups is 1. The molecule has 0 unspecified atom stereocenters. The summed E-state index contributed by atoms with van der Waals surface area (Å²) in [6.45, 7) is 6.53. The molecule has 1 amide bonds. The molecule has 1 spiro atoms. The van der Waals surface area contributed by atoms with Crippen molar-refractivity contribution in [2.24, 2.45) is 0 Å². The lowest BCUT2D eigenvalue weighted by Crippen LogP contribution is -2.54. The van der Waals surface area contributed by atoms with E-state index in [9.17, 15) is 4.79 Å². The van der Waals surface area contributed by atoms with Gasteiger partial charge in [-0.05, 0) is 25.0 Å². The number of hydrogen-bond donors (Lipinski definition) is 0. The highest BCUT2D eigenvalue weighted by Crippen LogP contribution is 2.33. The second-order valence-electron chi connectivity index (χ2n) is 8.48. The van der Waals surface area contributed by atoms with Crippen LogP contribution in [0.1, 0.15) is 24.2 Å². The van der Waals surface area contributed by atoms with Gasteiger partial charge < -0.3 is 19.1 Å². The highest BCUT2D eigenvalue weighted by atomic mass is 16.5. The lowest BCUT2D eigenvalue weighted by Gasteiger charge is -2.44. The van der Waals surface area contributed by atoms with E-state index in [1.165, 1.54) is 0 Å². The normalized spacial score (nSPS) is 21.1. The molecule has 0 radical (unpaired) electrons. The molecule has 0 atom stereocenters. The molecule has 1 aromatic heterocycles. The molecule has 2 saturated heterocycles. The molecule has 9 nitrogen and oxygen atoms in total. The Labute approximate surface area is 181 Å². The number of morpholine rings is 1. The first-order chi connectivity index (χ1) is 15.2. The number of para-hydroxylation sites is 1. The number of rotatable bonds is 5. The lowest BCUT2D eigenvalue weighted by atomic mass is 9.89. The van der Waals surface area contributed by atoms with Gasteiger partial charge in [0.05, 0.1) is 44.2 Å². The molecule has 1 aromatic carbocycles. The van der Waals surface area contributed by atoms with Crippen LogP contribution < -0.4 is 4.74 Å². The number of benzene rings is 1. The molecule has 5 rings (SSSR count). The van der Waals surface area contributed by atoms with Crippen molar-refractivity contribution < 1.29 is 19.0 Å². The Kier molecular flexibility index (Phi) is 5.89. The summed E-state index contributed by atoms with van der Waals surface area (Å²) in [5.41, 5.74) is 1.53. The van der Waals surface area contributed by atoms with Gasteiger partial charge in [0.2, 0.25) is 5.91 Å². The van der Waals surface area contributed by atoms with Gasteiger partial charge >= 0.3 is 0 Å². The second-order valence-corrected chi connectivity index (χ2v) is 8.48. The summed E-state index contributed by atoms with van der Waals surface area (Å²) in [6, 6.07) is 9.70. The Hall–Kier alpha value is -2.49. The zero-order chi connectivity index (χ0) is 21.1. The topological polar surface area (TPSA) is 82.0 Å². The quantitative estimate of drug-likeness (QED) is 0.706. The Morgan fingerprint density at radius 1 is 1.10 bits per heavy atom. The van der Waals surface area contributed by atoms with E-state index in [0.29, 0.717) is 39.5 Å². The maximum atomic E-state index is 12.7. The van der Waals surface area contributed by atoms with E-state index < -0.39 is 0 Å². The molecule has 4 heterocycles. The van der Waals surface area contributed by atoms with Crippen LogP contribution in [0.3, 0.4) is 0 Å². The van der Waals surface area contributed by atoms with Crippen LogP contribution >= 0.6 is 0 Å². The van der Waals surface area contributed by atoms with Crippen molar-refractivity contribution in [2.45, 2.75) is 38.2 Å². The number of nitrogens with zero attached hydrogens (tertiary/aromatic N) is 5. The maximum absolute atomic E-state index is 12.7. The molecule has 3 aliphatic heterocycles. The molecule has 2 fully saturated rings. The standard InChI is InChI=1S/C22H29N5O4/c28-21(14-25-10-12-29-13-11-25)26-8-6-22(7-9-26)17-27-20(16-31-22)19(23-24-27)15-30-18-4-2-1-3-5-18/h1-5H,6-17H2. The molecular formula is C22H29N5O4. The van der Waals surface area contributed by atoms with Gasteiger partial charge in [0, 0.05) is 26.2 Å². The minimum atomic E-state index is -0.270. The van der Waals surface area contributed by atoms with Gasteiger partial charge in [0.1, 0.15) is 18.1 Å². The van der Waals surface area contributed by atoms with E-state index in [1.807, 2.05) is 39.9 Å². The SMILES string of the molecule is O=C(CN1CCOCC1)N1CCC2(CC1)Cn1nnc(COc3ccccc3)c1CO2. The fourth-order valence-corrected chi connectivity index (χ4v) is 4.49. The number of aromatic nitrogens is 3. The molecule has 0 bridgehead atoms. The van der Waals surface area contributed by atoms with E-state index >= 15 is 0 Å². The highest BCUT2D eigenvalue weighted by molar-refractivity contribution is 5.78. The minimum absolute atomic E-state index is 0.203. The van der Waals surface area contributed by atoms with Crippen molar-refractivity contribution in [1.82, 2.24) is 24.8 Å². The molecular weight excluding hydrogens is 398 g/mol. The molecule has 2 aromatic rings. The predicted molar refractivity (Wildman–Crippen MR) is 111 cm³/mol. The molecule has 3 aliphatic rings. The third-order valence-corrected chi connectivity index (χ3v) is 6.48. The third-order valence-electron chi connectivity index (χ3n) is 6.48. The summed E-state index contributed by atoms with van der Waals surface area (Å²) in [5.74, 6) is 1.01. The Morgan fingerprint density at radius 3 is 2.65 bits per heavy atom. The van der Waals surface area contributed by atoms with Crippen molar-refractivity contribution in [3.8, 4) is 5.75 Å². The van der Waals surface area contributed by atoms with Crippen LogP contribution in [0.4, 0.5) is 0 Å². The van der Waals surface area contributed by atoms with Crippen LogP contribution in [0.5, 0.6) is 5.75 Å². The Balaban J connectivity index is 1.15. The van der Waals surface area contributed by atoms with Gasteiger partial charge in [-0.15, -0.1) is 5.10 Å². The number of fused-ring (bicyclic) bond motifs is 1. The summed E-state index contributed by atoms with van der Waals surface area (Å²) in [6.07, 6.45) is 1.63. The summed E-state index contributed by atoms with van der Waals surface area (Å²) in [4.78, 5) is 16.8. The Morgan fingerprint density at radius 2 is 1.87 bits per heavy atom.